The van der Waals surface area contributed by atoms with Crippen LogP contribution in [0.25, 0.3) is 0 Å². The van der Waals surface area contributed by atoms with Gasteiger partial charge in [-0.3, -0.25) is 4.79 Å². The van der Waals surface area contributed by atoms with Crippen molar-refractivity contribution in [1.29, 1.82) is 0 Å². The Morgan fingerprint density at radius 2 is 2.37 bits per heavy atom. The van der Waals surface area contributed by atoms with E-state index in [9.17, 15) is 9.18 Å². The number of nitrogens with zero attached hydrogens (tertiary/aromatic N) is 1. The molecule has 1 saturated heterocycles. The Morgan fingerprint density at radius 3 is 3.05 bits per heavy atom. The minimum Gasteiger partial charge on any atom is -0.341 e. The third kappa shape index (κ3) is 3.54. The number of carbonyl (C=O) groups excluding carboxylic acids is 1. The van der Waals surface area contributed by atoms with Crippen LogP contribution in [0.1, 0.15) is 23.2 Å². The quantitative estimate of drug-likeness (QED) is 0.925. The first-order chi connectivity index (χ1) is 9.09. The van der Waals surface area contributed by atoms with Gasteiger partial charge in [0.15, 0.2) is 0 Å². The molecule has 0 aromatic heterocycles. The summed E-state index contributed by atoms with van der Waals surface area (Å²) >= 11 is 3.11. The van der Waals surface area contributed by atoms with Crippen molar-refractivity contribution in [3.8, 4) is 0 Å². The average Bonchev–Trinajstić information content (AvgIpc) is 2.42. The van der Waals surface area contributed by atoms with E-state index in [1.807, 2.05) is 0 Å². The van der Waals surface area contributed by atoms with Gasteiger partial charge in [-0.05, 0) is 59.9 Å². The summed E-state index contributed by atoms with van der Waals surface area (Å²) in [5.74, 6) is -0.289. The van der Waals surface area contributed by atoms with Crippen LogP contribution in [0.15, 0.2) is 22.7 Å². The number of rotatable bonds is 3. The van der Waals surface area contributed by atoms with Gasteiger partial charge in [-0.2, -0.15) is 0 Å². The van der Waals surface area contributed by atoms with Gasteiger partial charge in [0, 0.05) is 13.6 Å². The minimum absolute atomic E-state index is 0.126. The molecule has 1 heterocycles. The first kappa shape index (κ1) is 14.5. The number of hydrogen-bond donors (Lipinski definition) is 1. The Balaban J connectivity index is 2.03. The number of nitrogens with one attached hydrogen (secondary N) is 1. The van der Waals surface area contributed by atoms with Gasteiger partial charge in [-0.15, -0.1) is 0 Å². The lowest BCUT2D eigenvalue weighted by atomic mass is 9.99. The van der Waals surface area contributed by atoms with Gasteiger partial charge in [0.25, 0.3) is 5.91 Å². The van der Waals surface area contributed by atoms with E-state index in [2.05, 4.69) is 21.2 Å². The molecule has 3 nitrogen and oxygen atoms in total. The molecule has 0 radical (unpaired) electrons. The second-order valence-corrected chi connectivity index (χ2v) is 5.85. The SMILES string of the molecule is CN(CC1CCCNC1)C(=O)c1cccc(Br)c1F. The van der Waals surface area contributed by atoms with Gasteiger partial charge in [-0.1, -0.05) is 6.07 Å². The Bertz CT molecular complexity index is 461. The molecule has 5 heteroatoms. The maximum Gasteiger partial charge on any atom is 0.256 e. The number of hydrogen-bond acceptors (Lipinski definition) is 2. The van der Waals surface area contributed by atoms with E-state index in [0.29, 0.717) is 16.9 Å². The van der Waals surface area contributed by atoms with E-state index in [4.69, 9.17) is 0 Å². The highest BCUT2D eigenvalue weighted by Crippen LogP contribution is 2.20. The first-order valence-electron chi connectivity index (χ1n) is 6.50. The molecule has 1 atom stereocenters. The zero-order chi connectivity index (χ0) is 13.8. The third-order valence-corrected chi connectivity index (χ3v) is 4.07. The second kappa shape index (κ2) is 6.48. The van der Waals surface area contributed by atoms with Crippen molar-refractivity contribution in [1.82, 2.24) is 10.2 Å². The normalized spacial score (nSPS) is 19.2. The zero-order valence-corrected chi connectivity index (χ0v) is 12.5. The summed E-state index contributed by atoms with van der Waals surface area (Å²) < 4.78 is 14.2. The van der Waals surface area contributed by atoms with Crippen molar-refractivity contribution in [2.45, 2.75) is 12.8 Å². The van der Waals surface area contributed by atoms with E-state index >= 15 is 0 Å². The molecule has 1 aliphatic heterocycles. The molecule has 1 unspecified atom stereocenters. The maximum absolute atomic E-state index is 13.9. The van der Waals surface area contributed by atoms with E-state index in [1.54, 1.807) is 24.1 Å². The van der Waals surface area contributed by atoms with Crippen LogP contribution in [0.2, 0.25) is 0 Å². The predicted molar refractivity (Wildman–Crippen MR) is 76.7 cm³/mol. The molecule has 1 N–H and O–H groups in total. The molecule has 2 rings (SSSR count). The molecule has 0 bridgehead atoms. The van der Waals surface area contributed by atoms with E-state index in [1.165, 1.54) is 6.07 Å². The van der Waals surface area contributed by atoms with E-state index in [-0.39, 0.29) is 11.5 Å². The minimum atomic E-state index is -0.485. The summed E-state index contributed by atoms with van der Waals surface area (Å²) in [5, 5.41) is 3.32. The monoisotopic (exact) mass is 328 g/mol. The van der Waals surface area contributed by atoms with Crippen molar-refractivity contribution < 1.29 is 9.18 Å². The highest BCUT2D eigenvalue weighted by molar-refractivity contribution is 9.10. The molecule has 0 saturated carbocycles. The zero-order valence-electron chi connectivity index (χ0n) is 11.0. The van der Waals surface area contributed by atoms with Crippen LogP contribution in [-0.2, 0) is 0 Å². The first-order valence-corrected chi connectivity index (χ1v) is 7.29. The van der Waals surface area contributed by atoms with Gasteiger partial charge in [0.2, 0.25) is 0 Å². The van der Waals surface area contributed by atoms with Crippen LogP contribution in [0.3, 0.4) is 0 Å². The van der Waals surface area contributed by atoms with Crippen molar-refractivity contribution >= 4 is 21.8 Å². The van der Waals surface area contributed by atoms with Crippen molar-refractivity contribution in [3.05, 3.63) is 34.1 Å². The molecule has 0 aliphatic carbocycles. The van der Waals surface area contributed by atoms with E-state index < -0.39 is 5.82 Å². The summed E-state index contributed by atoms with van der Waals surface area (Å²) in [6, 6.07) is 4.80. The molecule has 104 valence electrons. The summed E-state index contributed by atoms with van der Waals surface area (Å²) in [5.41, 5.74) is 0.126. The fraction of sp³-hybridized carbons (Fsp3) is 0.500. The Labute approximate surface area is 121 Å². The molecule has 1 aliphatic rings. The van der Waals surface area contributed by atoms with Crippen LogP contribution in [0.4, 0.5) is 4.39 Å². The smallest absolute Gasteiger partial charge is 0.256 e. The maximum atomic E-state index is 13.9. The van der Waals surface area contributed by atoms with Crippen molar-refractivity contribution in [2.75, 3.05) is 26.7 Å². The summed E-state index contributed by atoms with van der Waals surface area (Å²) in [4.78, 5) is 13.8. The molecule has 1 aromatic rings. The number of carbonyl (C=O) groups is 1. The van der Waals surface area contributed by atoms with Crippen LogP contribution in [0.5, 0.6) is 0 Å². The molecule has 1 amide bonds. The van der Waals surface area contributed by atoms with Gasteiger partial charge < -0.3 is 10.2 Å². The van der Waals surface area contributed by atoms with Crippen molar-refractivity contribution in [2.24, 2.45) is 5.92 Å². The van der Waals surface area contributed by atoms with Gasteiger partial charge >= 0.3 is 0 Å². The highest BCUT2D eigenvalue weighted by atomic mass is 79.9. The number of piperidine rings is 1. The Morgan fingerprint density at radius 1 is 1.58 bits per heavy atom. The highest BCUT2D eigenvalue weighted by Gasteiger charge is 2.21. The summed E-state index contributed by atoms with van der Waals surface area (Å²) in [6.07, 6.45) is 2.25. The molecule has 0 spiro atoms. The van der Waals surface area contributed by atoms with Crippen LogP contribution in [-0.4, -0.2) is 37.5 Å². The lowest BCUT2D eigenvalue weighted by molar-refractivity contribution is 0.0760. The predicted octanol–water partition coefficient (Wildman–Crippen LogP) is 2.66. The van der Waals surface area contributed by atoms with Crippen molar-refractivity contribution in [3.63, 3.8) is 0 Å². The number of benzene rings is 1. The largest absolute Gasteiger partial charge is 0.341 e. The Kier molecular flexibility index (Phi) is 4.93. The van der Waals surface area contributed by atoms with Crippen LogP contribution in [0, 0.1) is 11.7 Å². The second-order valence-electron chi connectivity index (χ2n) is 5.00. The number of amides is 1. The molecule has 1 aromatic carbocycles. The van der Waals surface area contributed by atoms with Gasteiger partial charge in [-0.25, -0.2) is 4.39 Å². The third-order valence-electron chi connectivity index (χ3n) is 3.46. The molecule has 1 fully saturated rings. The average molecular weight is 329 g/mol. The Hall–Kier alpha value is -0.940. The standard InChI is InChI=1S/C14H18BrFN2O/c1-18(9-10-4-3-7-17-8-10)14(19)11-5-2-6-12(15)13(11)16/h2,5-6,10,17H,3-4,7-9H2,1H3. The summed E-state index contributed by atoms with van der Waals surface area (Å²) in [7, 11) is 1.73. The van der Waals surface area contributed by atoms with Gasteiger partial charge in [0.05, 0.1) is 10.0 Å². The summed E-state index contributed by atoms with van der Waals surface area (Å²) in [6.45, 7) is 2.64. The molecule has 19 heavy (non-hydrogen) atoms. The van der Waals surface area contributed by atoms with Gasteiger partial charge in [0.1, 0.15) is 5.82 Å². The van der Waals surface area contributed by atoms with E-state index in [0.717, 1.165) is 25.9 Å². The van der Waals surface area contributed by atoms with Crippen LogP contribution >= 0.6 is 15.9 Å². The topological polar surface area (TPSA) is 32.3 Å². The van der Waals surface area contributed by atoms with Crippen LogP contribution < -0.4 is 5.32 Å². The fourth-order valence-corrected chi connectivity index (χ4v) is 2.79. The lowest BCUT2D eigenvalue weighted by Gasteiger charge is -2.27. The molecular weight excluding hydrogens is 311 g/mol. The lowest BCUT2D eigenvalue weighted by Crippen LogP contribution is -2.39. The fourth-order valence-electron chi connectivity index (χ4n) is 2.42. The molecular formula is C14H18BrFN2O. The number of halogens is 2.